The number of carbonyl (C=O) groups excluding carboxylic acids is 1. The lowest BCUT2D eigenvalue weighted by Crippen LogP contribution is -2.30. The third-order valence-electron chi connectivity index (χ3n) is 2.96. The summed E-state index contributed by atoms with van der Waals surface area (Å²) in [6.07, 6.45) is 0. The molecule has 3 nitrogen and oxygen atoms in total. The van der Waals surface area contributed by atoms with Crippen LogP contribution >= 0.6 is 0 Å². The van der Waals surface area contributed by atoms with Crippen LogP contribution in [-0.2, 0) is 0 Å². The summed E-state index contributed by atoms with van der Waals surface area (Å²) in [5.41, 5.74) is 5.21. The number of benzene rings is 2. The van der Waals surface area contributed by atoms with Crippen molar-refractivity contribution in [2.75, 3.05) is 17.2 Å². The molecule has 0 spiro atoms. The molecule has 104 valence electrons. The highest BCUT2D eigenvalue weighted by Crippen LogP contribution is 2.21. The van der Waals surface area contributed by atoms with Gasteiger partial charge in [0.1, 0.15) is 17.3 Å². The first-order valence-electron chi connectivity index (χ1n) is 6.16. The Labute approximate surface area is 115 Å². The minimum absolute atomic E-state index is 0.0695. The van der Waals surface area contributed by atoms with Crippen molar-refractivity contribution in [3.63, 3.8) is 0 Å². The molecular weight excluding hydrogens is 262 g/mol. The standard InChI is InChI=1S/C15H14F2N2O/c1-2-19(11-6-4-3-5-7-11)15(20)10-8-12(16)14(18)13(17)9-10/h3-9H,2,18H2,1H3. The van der Waals surface area contributed by atoms with Crippen LogP contribution in [0, 0.1) is 11.6 Å². The Kier molecular flexibility index (Phi) is 3.98. The molecule has 0 aliphatic heterocycles. The van der Waals surface area contributed by atoms with E-state index < -0.39 is 23.2 Å². The van der Waals surface area contributed by atoms with E-state index >= 15 is 0 Å². The maximum absolute atomic E-state index is 13.4. The molecule has 2 aromatic rings. The van der Waals surface area contributed by atoms with E-state index in [2.05, 4.69) is 0 Å². The minimum atomic E-state index is -0.933. The summed E-state index contributed by atoms with van der Waals surface area (Å²) in [6, 6.07) is 10.8. The van der Waals surface area contributed by atoms with E-state index in [4.69, 9.17) is 5.73 Å². The fourth-order valence-electron chi connectivity index (χ4n) is 1.91. The fourth-order valence-corrected chi connectivity index (χ4v) is 1.91. The average molecular weight is 276 g/mol. The second kappa shape index (κ2) is 5.69. The van der Waals surface area contributed by atoms with Crippen molar-refractivity contribution in [3.05, 3.63) is 59.7 Å². The molecule has 0 aliphatic rings. The van der Waals surface area contributed by atoms with Gasteiger partial charge in [0, 0.05) is 17.8 Å². The first-order valence-corrected chi connectivity index (χ1v) is 6.16. The van der Waals surface area contributed by atoms with Crippen molar-refractivity contribution in [1.82, 2.24) is 0 Å². The summed E-state index contributed by atoms with van der Waals surface area (Å²) >= 11 is 0. The maximum Gasteiger partial charge on any atom is 0.258 e. The third kappa shape index (κ3) is 2.61. The number of nitrogens with zero attached hydrogens (tertiary/aromatic N) is 1. The molecule has 0 saturated heterocycles. The predicted molar refractivity (Wildman–Crippen MR) is 74.6 cm³/mol. The number of nitrogens with two attached hydrogens (primary N) is 1. The number of hydrogen-bond acceptors (Lipinski definition) is 2. The molecule has 0 aromatic heterocycles. The summed E-state index contributed by atoms with van der Waals surface area (Å²) in [4.78, 5) is 13.8. The summed E-state index contributed by atoms with van der Waals surface area (Å²) in [5, 5.41) is 0. The monoisotopic (exact) mass is 276 g/mol. The van der Waals surface area contributed by atoms with Crippen LogP contribution in [0.15, 0.2) is 42.5 Å². The second-order valence-electron chi connectivity index (χ2n) is 4.24. The highest BCUT2D eigenvalue weighted by molar-refractivity contribution is 6.06. The highest BCUT2D eigenvalue weighted by Gasteiger charge is 2.19. The summed E-state index contributed by atoms with van der Waals surface area (Å²) in [6.45, 7) is 2.17. The lowest BCUT2D eigenvalue weighted by Gasteiger charge is -2.21. The van der Waals surface area contributed by atoms with E-state index in [1.54, 1.807) is 31.2 Å². The number of carbonyl (C=O) groups is 1. The van der Waals surface area contributed by atoms with Gasteiger partial charge in [-0.25, -0.2) is 8.78 Å². The molecule has 20 heavy (non-hydrogen) atoms. The summed E-state index contributed by atoms with van der Waals surface area (Å²) in [7, 11) is 0. The number of anilines is 2. The Balaban J connectivity index is 2.39. The molecule has 0 radical (unpaired) electrons. The maximum atomic E-state index is 13.4. The molecule has 0 saturated carbocycles. The number of rotatable bonds is 3. The van der Waals surface area contributed by atoms with Crippen LogP contribution in [0.4, 0.5) is 20.2 Å². The molecular formula is C15H14F2N2O. The van der Waals surface area contributed by atoms with Gasteiger partial charge >= 0.3 is 0 Å². The van der Waals surface area contributed by atoms with Crippen molar-refractivity contribution in [3.8, 4) is 0 Å². The first kappa shape index (κ1) is 14.0. The van der Waals surface area contributed by atoms with Gasteiger partial charge in [-0.2, -0.15) is 0 Å². The molecule has 0 bridgehead atoms. The van der Waals surface area contributed by atoms with E-state index in [9.17, 15) is 13.6 Å². The molecule has 0 aliphatic carbocycles. The molecule has 2 rings (SSSR count). The quantitative estimate of drug-likeness (QED) is 0.875. The van der Waals surface area contributed by atoms with Gasteiger partial charge in [0.15, 0.2) is 0 Å². The number of nitrogen functional groups attached to an aromatic ring is 1. The van der Waals surface area contributed by atoms with Gasteiger partial charge in [-0.3, -0.25) is 4.79 Å². The van der Waals surface area contributed by atoms with E-state index in [-0.39, 0.29) is 5.56 Å². The SMILES string of the molecule is CCN(C(=O)c1cc(F)c(N)c(F)c1)c1ccccc1. The van der Waals surface area contributed by atoms with E-state index in [0.717, 1.165) is 12.1 Å². The zero-order valence-electron chi connectivity index (χ0n) is 10.9. The lowest BCUT2D eigenvalue weighted by molar-refractivity contribution is 0.0987. The molecule has 1 amide bonds. The van der Waals surface area contributed by atoms with E-state index in [0.29, 0.717) is 12.2 Å². The highest BCUT2D eigenvalue weighted by atomic mass is 19.1. The fraction of sp³-hybridized carbons (Fsp3) is 0.133. The molecule has 5 heteroatoms. The number of para-hydroxylation sites is 1. The molecule has 0 atom stereocenters. The largest absolute Gasteiger partial charge is 0.394 e. The van der Waals surface area contributed by atoms with Gasteiger partial charge in [-0.1, -0.05) is 18.2 Å². The van der Waals surface area contributed by atoms with Gasteiger partial charge in [0.25, 0.3) is 5.91 Å². The smallest absolute Gasteiger partial charge is 0.258 e. The summed E-state index contributed by atoms with van der Waals surface area (Å²) < 4.78 is 26.9. The molecule has 2 aromatic carbocycles. The van der Waals surface area contributed by atoms with Crippen molar-refractivity contribution in [1.29, 1.82) is 0 Å². The van der Waals surface area contributed by atoms with Gasteiger partial charge in [-0.15, -0.1) is 0 Å². The van der Waals surface area contributed by atoms with Gasteiger partial charge in [0.05, 0.1) is 0 Å². The Morgan fingerprint density at radius 3 is 2.20 bits per heavy atom. The van der Waals surface area contributed by atoms with Gasteiger partial charge < -0.3 is 10.6 Å². The van der Waals surface area contributed by atoms with Crippen molar-refractivity contribution >= 4 is 17.3 Å². The normalized spacial score (nSPS) is 10.3. The van der Waals surface area contributed by atoms with Crippen LogP contribution in [-0.4, -0.2) is 12.5 Å². The Hall–Kier alpha value is -2.43. The number of amides is 1. The Bertz CT molecular complexity index is 606. The second-order valence-corrected chi connectivity index (χ2v) is 4.24. The molecule has 0 heterocycles. The Morgan fingerprint density at radius 1 is 1.15 bits per heavy atom. The molecule has 0 unspecified atom stereocenters. The topological polar surface area (TPSA) is 46.3 Å². The Morgan fingerprint density at radius 2 is 1.70 bits per heavy atom. The van der Waals surface area contributed by atoms with Crippen LogP contribution in [0.2, 0.25) is 0 Å². The van der Waals surface area contributed by atoms with E-state index in [1.807, 2.05) is 6.07 Å². The average Bonchev–Trinajstić information content (AvgIpc) is 2.46. The number of halogens is 2. The van der Waals surface area contributed by atoms with Crippen LogP contribution in [0.5, 0.6) is 0 Å². The summed E-state index contributed by atoms with van der Waals surface area (Å²) in [5.74, 6) is -2.34. The third-order valence-corrected chi connectivity index (χ3v) is 2.96. The van der Waals surface area contributed by atoms with Crippen LogP contribution in [0.3, 0.4) is 0 Å². The molecule has 2 N–H and O–H groups in total. The van der Waals surface area contributed by atoms with Crippen molar-refractivity contribution < 1.29 is 13.6 Å². The van der Waals surface area contributed by atoms with Crippen molar-refractivity contribution in [2.45, 2.75) is 6.92 Å². The number of hydrogen-bond donors (Lipinski definition) is 1. The van der Waals surface area contributed by atoms with Crippen LogP contribution < -0.4 is 10.6 Å². The van der Waals surface area contributed by atoms with E-state index in [1.165, 1.54) is 4.90 Å². The van der Waals surface area contributed by atoms with Crippen LogP contribution in [0.1, 0.15) is 17.3 Å². The zero-order valence-corrected chi connectivity index (χ0v) is 10.9. The van der Waals surface area contributed by atoms with Gasteiger partial charge in [0.2, 0.25) is 0 Å². The first-order chi connectivity index (χ1) is 9.54. The minimum Gasteiger partial charge on any atom is -0.394 e. The predicted octanol–water partition coefficient (Wildman–Crippen LogP) is 3.21. The molecule has 0 fully saturated rings. The van der Waals surface area contributed by atoms with Crippen LogP contribution in [0.25, 0.3) is 0 Å². The lowest BCUT2D eigenvalue weighted by atomic mass is 10.1. The van der Waals surface area contributed by atoms with Crippen molar-refractivity contribution in [2.24, 2.45) is 0 Å². The van der Waals surface area contributed by atoms with Gasteiger partial charge in [-0.05, 0) is 31.2 Å². The zero-order chi connectivity index (χ0) is 14.7.